The zero-order chi connectivity index (χ0) is 15.8. The summed E-state index contributed by atoms with van der Waals surface area (Å²) in [6, 6.07) is 9.19. The Morgan fingerprint density at radius 3 is 2.68 bits per heavy atom. The molecule has 0 amide bonds. The van der Waals surface area contributed by atoms with Crippen LogP contribution in [0.25, 0.3) is 0 Å². The first-order valence-electron chi connectivity index (χ1n) is 7.45. The lowest BCUT2D eigenvalue weighted by atomic mass is 10.2. The summed E-state index contributed by atoms with van der Waals surface area (Å²) >= 11 is 5.84. The molecule has 0 spiro atoms. The van der Waals surface area contributed by atoms with Crippen LogP contribution in [0.5, 0.6) is 5.75 Å². The van der Waals surface area contributed by atoms with E-state index in [1.807, 2.05) is 0 Å². The van der Waals surface area contributed by atoms with Gasteiger partial charge in [-0.05, 0) is 30.7 Å². The Balaban J connectivity index is 2.00. The van der Waals surface area contributed by atoms with Gasteiger partial charge in [0.2, 0.25) is 0 Å². The summed E-state index contributed by atoms with van der Waals surface area (Å²) in [7, 11) is 0. The molecule has 0 bridgehead atoms. The summed E-state index contributed by atoms with van der Waals surface area (Å²) in [6.45, 7) is 3.20. The number of benzene rings is 1. The van der Waals surface area contributed by atoms with Gasteiger partial charge in [-0.3, -0.25) is 0 Å². The van der Waals surface area contributed by atoms with Crippen molar-refractivity contribution in [3.63, 3.8) is 0 Å². The second-order valence-corrected chi connectivity index (χ2v) is 5.46. The Morgan fingerprint density at radius 2 is 2.00 bits per heavy atom. The molecule has 0 saturated carbocycles. The second-order valence-electron chi connectivity index (χ2n) is 5.02. The number of hydrogen-bond acceptors (Lipinski definition) is 4. The van der Waals surface area contributed by atoms with Crippen LogP contribution < -0.4 is 4.74 Å². The number of halogens is 1. The van der Waals surface area contributed by atoms with E-state index in [0.717, 1.165) is 19.4 Å². The van der Waals surface area contributed by atoms with Crippen LogP contribution in [-0.4, -0.2) is 15.0 Å². The zero-order valence-electron chi connectivity index (χ0n) is 12.6. The third-order valence-electron chi connectivity index (χ3n) is 3.36. The van der Waals surface area contributed by atoms with Crippen LogP contribution in [0.4, 0.5) is 0 Å². The van der Waals surface area contributed by atoms with Crippen molar-refractivity contribution in [3.05, 3.63) is 40.7 Å². The van der Waals surface area contributed by atoms with Gasteiger partial charge in [-0.2, -0.15) is 5.26 Å². The molecule has 0 aliphatic carbocycles. The minimum Gasteiger partial charge on any atom is -0.487 e. The average molecular weight is 319 g/mol. The van der Waals surface area contributed by atoms with Crippen molar-refractivity contribution in [2.75, 3.05) is 0 Å². The van der Waals surface area contributed by atoms with Crippen LogP contribution in [-0.2, 0) is 13.2 Å². The molecule has 0 aliphatic rings. The van der Waals surface area contributed by atoms with Crippen molar-refractivity contribution >= 4 is 11.6 Å². The fraction of sp³-hybridized carbons (Fsp3) is 0.438. The van der Waals surface area contributed by atoms with Gasteiger partial charge < -0.3 is 4.74 Å². The molecule has 116 valence electrons. The van der Waals surface area contributed by atoms with Gasteiger partial charge in [0, 0.05) is 11.6 Å². The van der Waals surface area contributed by atoms with Gasteiger partial charge in [-0.15, -0.1) is 5.10 Å². The predicted octanol–water partition coefficient (Wildman–Crippen LogP) is 3.96. The number of rotatable bonds is 8. The molecular weight excluding hydrogens is 300 g/mol. The molecule has 6 heteroatoms. The maximum absolute atomic E-state index is 9.14. The molecule has 1 aromatic heterocycles. The molecule has 1 aromatic carbocycles. The molecule has 5 nitrogen and oxygen atoms in total. The van der Waals surface area contributed by atoms with E-state index in [0.29, 0.717) is 22.2 Å². The SMILES string of the molecule is CCCCCCn1nnc(C#N)c1COc1ccc(Cl)cc1. The summed E-state index contributed by atoms with van der Waals surface area (Å²) in [4.78, 5) is 0. The van der Waals surface area contributed by atoms with E-state index in [2.05, 4.69) is 23.3 Å². The predicted molar refractivity (Wildman–Crippen MR) is 84.7 cm³/mol. The van der Waals surface area contributed by atoms with Crippen molar-refractivity contribution in [1.29, 1.82) is 5.26 Å². The molecule has 1 heterocycles. The highest BCUT2D eigenvalue weighted by Crippen LogP contribution is 2.17. The van der Waals surface area contributed by atoms with Crippen molar-refractivity contribution in [1.82, 2.24) is 15.0 Å². The van der Waals surface area contributed by atoms with Gasteiger partial charge in [-0.25, -0.2) is 4.68 Å². The molecular formula is C16H19ClN4O. The Bertz CT molecular complexity index is 631. The number of nitrogens with zero attached hydrogens (tertiary/aromatic N) is 4. The van der Waals surface area contributed by atoms with Crippen LogP contribution in [0.2, 0.25) is 5.02 Å². The number of aryl methyl sites for hydroxylation is 1. The maximum atomic E-state index is 9.14. The first-order chi connectivity index (χ1) is 10.7. The minimum absolute atomic E-state index is 0.269. The molecule has 0 aliphatic heterocycles. The monoisotopic (exact) mass is 318 g/mol. The number of unbranched alkanes of at least 4 members (excludes halogenated alkanes) is 3. The van der Waals surface area contributed by atoms with E-state index in [9.17, 15) is 0 Å². The summed E-state index contributed by atoms with van der Waals surface area (Å²) in [5, 5.41) is 17.8. The number of aromatic nitrogens is 3. The fourth-order valence-electron chi connectivity index (χ4n) is 2.11. The highest BCUT2D eigenvalue weighted by atomic mass is 35.5. The van der Waals surface area contributed by atoms with Crippen LogP contribution in [0.3, 0.4) is 0 Å². The summed E-state index contributed by atoms with van der Waals surface area (Å²) in [6.07, 6.45) is 4.56. The molecule has 2 rings (SSSR count). The first kappa shape index (κ1) is 16.3. The van der Waals surface area contributed by atoms with E-state index in [1.165, 1.54) is 12.8 Å². The molecule has 0 fully saturated rings. The standard InChI is InChI=1S/C16H19ClN4O/c1-2-3-4-5-10-21-16(15(11-18)19-20-21)12-22-14-8-6-13(17)7-9-14/h6-9H,2-5,10,12H2,1H3. The van der Waals surface area contributed by atoms with Crippen molar-refractivity contribution < 1.29 is 4.74 Å². The van der Waals surface area contributed by atoms with Crippen LogP contribution in [0.1, 0.15) is 44.0 Å². The van der Waals surface area contributed by atoms with Crippen LogP contribution in [0.15, 0.2) is 24.3 Å². The Kier molecular flexibility index (Phi) is 6.23. The van der Waals surface area contributed by atoms with Gasteiger partial charge in [0.05, 0.1) is 0 Å². The van der Waals surface area contributed by atoms with E-state index >= 15 is 0 Å². The quantitative estimate of drug-likeness (QED) is 0.691. The smallest absolute Gasteiger partial charge is 0.189 e. The van der Waals surface area contributed by atoms with Crippen molar-refractivity contribution in [2.24, 2.45) is 0 Å². The second kappa shape index (κ2) is 8.40. The van der Waals surface area contributed by atoms with Crippen molar-refractivity contribution in [3.8, 4) is 11.8 Å². The summed E-state index contributed by atoms with van der Waals surface area (Å²) < 4.78 is 7.47. The Hall–Kier alpha value is -2.06. The molecule has 2 aromatic rings. The third-order valence-corrected chi connectivity index (χ3v) is 3.61. The normalized spacial score (nSPS) is 10.4. The summed E-state index contributed by atoms with van der Waals surface area (Å²) in [5.41, 5.74) is 1.04. The lowest BCUT2D eigenvalue weighted by molar-refractivity contribution is 0.290. The van der Waals surface area contributed by atoms with Gasteiger partial charge in [-0.1, -0.05) is 43.0 Å². The maximum Gasteiger partial charge on any atom is 0.189 e. The molecule has 22 heavy (non-hydrogen) atoms. The van der Waals surface area contributed by atoms with Crippen molar-refractivity contribution in [2.45, 2.75) is 45.8 Å². The van der Waals surface area contributed by atoms with E-state index in [1.54, 1.807) is 28.9 Å². The van der Waals surface area contributed by atoms with Gasteiger partial charge in [0.15, 0.2) is 5.69 Å². The molecule has 0 atom stereocenters. The topological polar surface area (TPSA) is 63.7 Å². The van der Waals surface area contributed by atoms with Crippen LogP contribution in [0, 0.1) is 11.3 Å². The number of nitriles is 1. The third kappa shape index (κ3) is 4.47. The molecule has 0 radical (unpaired) electrons. The highest BCUT2D eigenvalue weighted by molar-refractivity contribution is 6.30. The Labute approximate surface area is 135 Å². The number of hydrogen-bond donors (Lipinski definition) is 0. The van der Waals surface area contributed by atoms with Gasteiger partial charge in [0.1, 0.15) is 24.1 Å². The lowest BCUT2D eigenvalue weighted by Crippen LogP contribution is -2.09. The first-order valence-corrected chi connectivity index (χ1v) is 7.83. The van der Waals surface area contributed by atoms with Gasteiger partial charge in [0.25, 0.3) is 0 Å². The fourth-order valence-corrected chi connectivity index (χ4v) is 2.24. The van der Waals surface area contributed by atoms with Crippen LogP contribution >= 0.6 is 11.6 Å². The Morgan fingerprint density at radius 1 is 1.23 bits per heavy atom. The lowest BCUT2D eigenvalue weighted by Gasteiger charge is -2.08. The highest BCUT2D eigenvalue weighted by Gasteiger charge is 2.13. The largest absolute Gasteiger partial charge is 0.487 e. The van der Waals surface area contributed by atoms with E-state index in [-0.39, 0.29) is 6.61 Å². The molecule has 0 N–H and O–H groups in total. The van der Waals surface area contributed by atoms with Gasteiger partial charge >= 0.3 is 0 Å². The average Bonchev–Trinajstić information content (AvgIpc) is 2.93. The molecule has 0 saturated heterocycles. The minimum atomic E-state index is 0.269. The summed E-state index contributed by atoms with van der Waals surface area (Å²) in [5.74, 6) is 0.701. The zero-order valence-corrected chi connectivity index (χ0v) is 13.4. The number of ether oxygens (including phenoxy) is 1. The van der Waals surface area contributed by atoms with E-state index < -0.39 is 0 Å². The van der Waals surface area contributed by atoms with E-state index in [4.69, 9.17) is 21.6 Å². The molecule has 0 unspecified atom stereocenters.